The Labute approximate surface area is 162 Å². The first-order chi connectivity index (χ1) is 13.1. The van der Waals surface area contributed by atoms with Crippen LogP contribution in [0.25, 0.3) is 11.1 Å². The monoisotopic (exact) mass is 380 g/mol. The van der Waals surface area contributed by atoms with Crippen LogP contribution >= 0.6 is 0 Å². The van der Waals surface area contributed by atoms with Gasteiger partial charge in [0.25, 0.3) is 0 Å². The van der Waals surface area contributed by atoms with E-state index in [2.05, 4.69) is 0 Å². The fourth-order valence-corrected chi connectivity index (χ4v) is 3.07. The Hall–Kier alpha value is -3.61. The lowest BCUT2D eigenvalue weighted by atomic mass is 10.00. The van der Waals surface area contributed by atoms with E-state index < -0.39 is 17.3 Å². The average molecular weight is 380 g/mol. The first kappa shape index (κ1) is 19.2. The molecule has 2 N–H and O–H groups in total. The second kappa shape index (κ2) is 6.84. The molecule has 0 unspecified atom stereocenters. The minimum Gasteiger partial charge on any atom is -0.872 e. The molecule has 1 aliphatic carbocycles. The van der Waals surface area contributed by atoms with Gasteiger partial charge in [0.2, 0.25) is 0 Å². The van der Waals surface area contributed by atoms with Crippen molar-refractivity contribution in [2.24, 2.45) is 0 Å². The van der Waals surface area contributed by atoms with Crippen LogP contribution in [-0.2, 0) is 4.79 Å². The molecule has 0 atom stereocenters. The zero-order chi connectivity index (χ0) is 20.7. The molecule has 0 aromatic heterocycles. The van der Waals surface area contributed by atoms with Gasteiger partial charge in [0.1, 0.15) is 11.5 Å². The summed E-state index contributed by atoms with van der Waals surface area (Å²) in [5, 5.41) is 46.0. The standard InChI is InChI=1S/C21H22N2O5/c1-22(2)11-5-7-13(15(24)9-11)17-19(26)18(21(28)20(17)27)14-8-6-12(23(3)4)10-16(14)25/h5-10,24-26H,1-4H3,(H,27,28)/p-2. The lowest BCUT2D eigenvalue weighted by Gasteiger charge is -2.21. The van der Waals surface area contributed by atoms with Crippen LogP contribution in [0.5, 0.6) is 11.5 Å². The third-order valence-corrected chi connectivity index (χ3v) is 4.65. The molecule has 146 valence electrons. The molecule has 0 aliphatic heterocycles. The number of carbonyl (C=O) groups is 1. The fourth-order valence-electron chi connectivity index (χ4n) is 3.07. The summed E-state index contributed by atoms with van der Waals surface area (Å²) in [7, 11) is 7.12. The van der Waals surface area contributed by atoms with Gasteiger partial charge < -0.3 is 30.2 Å². The number of hydrogen-bond acceptors (Lipinski definition) is 7. The smallest absolute Gasteiger partial charge is 0.178 e. The second-order valence-electron chi connectivity index (χ2n) is 6.93. The molecule has 0 spiro atoms. The van der Waals surface area contributed by atoms with Crippen LogP contribution in [0.15, 0.2) is 47.9 Å². The van der Waals surface area contributed by atoms with E-state index in [4.69, 9.17) is 0 Å². The summed E-state index contributed by atoms with van der Waals surface area (Å²) in [6.07, 6.45) is 0. The van der Waals surface area contributed by atoms with E-state index in [-0.39, 0.29) is 33.8 Å². The van der Waals surface area contributed by atoms with E-state index in [1.807, 2.05) is 0 Å². The highest BCUT2D eigenvalue weighted by Crippen LogP contribution is 2.42. The number of hydrogen-bond donors (Lipinski definition) is 2. The summed E-state index contributed by atoms with van der Waals surface area (Å²) in [6.45, 7) is 0. The van der Waals surface area contributed by atoms with Crippen molar-refractivity contribution in [3.63, 3.8) is 0 Å². The molecule has 1 aliphatic rings. The van der Waals surface area contributed by atoms with Gasteiger partial charge in [-0.15, -0.1) is 0 Å². The summed E-state index contributed by atoms with van der Waals surface area (Å²) >= 11 is 0. The van der Waals surface area contributed by atoms with Crippen molar-refractivity contribution in [1.82, 2.24) is 0 Å². The summed E-state index contributed by atoms with van der Waals surface area (Å²) in [4.78, 5) is 16.0. The number of ketones is 1. The van der Waals surface area contributed by atoms with Crippen molar-refractivity contribution in [2.45, 2.75) is 0 Å². The van der Waals surface area contributed by atoms with Crippen molar-refractivity contribution in [3.05, 3.63) is 59.0 Å². The number of allylic oxidation sites excluding steroid dienone is 2. The van der Waals surface area contributed by atoms with Crippen molar-refractivity contribution in [3.8, 4) is 11.5 Å². The minimum atomic E-state index is -0.996. The zero-order valence-electron chi connectivity index (χ0n) is 16.0. The molecule has 7 nitrogen and oxygen atoms in total. The van der Waals surface area contributed by atoms with E-state index in [0.717, 1.165) is 0 Å². The third kappa shape index (κ3) is 3.00. The van der Waals surface area contributed by atoms with Gasteiger partial charge in [0.15, 0.2) is 5.78 Å². The predicted molar refractivity (Wildman–Crippen MR) is 104 cm³/mol. The van der Waals surface area contributed by atoms with E-state index in [9.17, 15) is 25.2 Å². The lowest BCUT2D eigenvalue weighted by Crippen LogP contribution is -2.14. The number of phenolic OH excluding ortho intramolecular Hbond substituents is 2. The van der Waals surface area contributed by atoms with Crippen molar-refractivity contribution >= 4 is 28.3 Å². The normalized spacial score (nSPS) is 14.1. The van der Waals surface area contributed by atoms with E-state index in [0.29, 0.717) is 11.4 Å². The molecule has 0 saturated carbocycles. The number of aromatic hydroxyl groups is 2. The summed E-state index contributed by atoms with van der Waals surface area (Å²) < 4.78 is 0. The van der Waals surface area contributed by atoms with Crippen LogP contribution in [0.1, 0.15) is 11.1 Å². The number of Topliss-reactive ketones (excluding diaryl/α,β-unsaturated/α-hetero) is 1. The highest BCUT2D eigenvalue weighted by molar-refractivity contribution is 6.36. The molecule has 2 aromatic rings. The molecule has 0 heterocycles. The molecule has 0 saturated heterocycles. The number of anilines is 2. The summed E-state index contributed by atoms with van der Waals surface area (Å²) in [5.41, 5.74) is 0.555. The Morgan fingerprint density at radius 2 is 1.14 bits per heavy atom. The predicted octanol–water partition coefficient (Wildman–Crippen LogP) is 0.655. The Morgan fingerprint density at radius 3 is 1.54 bits per heavy atom. The SMILES string of the molecule is CN(C)c1ccc(C2=C([O-])C(c3ccc(N(C)C)cc3O)=C([O-])C2=O)c(O)c1. The number of phenols is 2. The number of nitrogens with zero attached hydrogens (tertiary/aromatic N) is 2. The van der Waals surface area contributed by atoms with Crippen LogP contribution < -0.4 is 20.0 Å². The minimum absolute atomic E-state index is 0.00616. The second-order valence-corrected chi connectivity index (χ2v) is 6.93. The van der Waals surface area contributed by atoms with Crippen molar-refractivity contribution < 1.29 is 25.2 Å². The average Bonchev–Trinajstić information content (AvgIpc) is 2.84. The molecule has 0 bridgehead atoms. The number of carbonyl (C=O) groups excluding carboxylic acids is 1. The van der Waals surface area contributed by atoms with Gasteiger partial charge in [-0.1, -0.05) is 11.5 Å². The Kier molecular flexibility index (Phi) is 4.68. The van der Waals surface area contributed by atoms with Crippen LogP contribution in [0.3, 0.4) is 0 Å². The number of benzene rings is 2. The molecule has 0 radical (unpaired) electrons. The maximum absolute atomic E-state index is 12.9. The van der Waals surface area contributed by atoms with Gasteiger partial charge in [0.05, 0.1) is 0 Å². The van der Waals surface area contributed by atoms with Gasteiger partial charge in [-0.05, 0) is 29.8 Å². The van der Waals surface area contributed by atoms with Gasteiger partial charge in [-0.2, -0.15) is 0 Å². The third-order valence-electron chi connectivity index (χ3n) is 4.65. The summed E-state index contributed by atoms with van der Waals surface area (Å²) in [5.74, 6) is -3.35. The van der Waals surface area contributed by atoms with Crippen LogP contribution in [0.2, 0.25) is 0 Å². The molecule has 7 heteroatoms. The lowest BCUT2D eigenvalue weighted by molar-refractivity contribution is -0.301. The Bertz CT molecular complexity index is 1040. The highest BCUT2D eigenvalue weighted by atomic mass is 16.3. The van der Waals surface area contributed by atoms with Crippen LogP contribution in [0.4, 0.5) is 11.4 Å². The first-order valence-corrected chi connectivity index (χ1v) is 8.52. The Balaban J connectivity index is 2.13. The quantitative estimate of drug-likeness (QED) is 0.801. The van der Waals surface area contributed by atoms with Crippen LogP contribution in [0, 0.1) is 0 Å². The molecule has 2 aromatic carbocycles. The molecule has 3 rings (SSSR count). The molecular formula is C21H20N2O5-2. The maximum Gasteiger partial charge on any atom is 0.178 e. The van der Waals surface area contributed by atoms with Gasteiger partial charge in [-0.3, -0.25) is 4.79 Å². The maximum atomic E-state index is 12.9. The highest BCUT2D eigenvalue weighted by Gasteiger charge is 2.27. The van der Waals surface area contributed by atoms with Crippen molar-refractivity contribution in [2.75, 3.05) is 38.0 Å². The molecule has 0 fully saturated rings. The van der Waals surface area contributed by atoms with Gasteiger partial charge in [-0.25, -0.2) is 0 Å². The van der Waals surface area contributed by atoms with Crippen LogP contribution in [-0.4, -0.2) is 44.2 Å². The van der Waals surface area contributed by atoms with E-state index >= 15 is 0 Å². The topological polar surface area (TPSA) is 110 Å². The molecule has 0 amide bonds. The van der Waals surface area contributed by atoms with Gasteiger partial charge >= 0.3 is 0 Å². The largest absolute Gasteiger partial charge is 0.872 e. The first-order valence-electron chi connectivity index (χ1n) is 8.52. The summed E-state index contributed by atoms with van der Waals surface area (Å²) in [6, 6.07) is 8.95. The van der Waals surface area contributed by atoms with E-state index in [1.54, 1.807) is 50.1 Å². The zero-order valence-corrected chi connectivity index (χ0v) is 16.0. The number of rotatable bonds is 4. The molecule has 28 heavy (non-hydrogen) atoms. The van der Waals surface area contributed by atoms with Gasteiger partial charge in [0, 0.05) is 68.4 Å². The van der Waals surface area contributed by atoms with E-state index in [1.165, 1.54) is 24.3 Å². The van der Waals surface area contributed by atoms with Crippen molar-refractivity contribution in [1.29, 1.82) is 0 Å². The fraction of sp³-hybridized carbons (Fsp3) is 0.190. The molecular weight excluding hydrogens is 360 g/mol. The Morgan fingerprint density at radius 1 is 0.714 bits per heavy atom.